The highest BCUT2D eigenvalue weighted by Gasteiger charge is 2.08. The number of ether oxygens (including phenoxy) is 1. The van der Waals surface area contributed by atoms with Crippen LogP contribution in [0.4, 0.5) is 0 Å². The van der Waals surface area contributed by atoms with Crippen molar-refractivity contribution in [2.45, 2.75) is 6.61 Å². The first-order chi connectivity index (χ1) is 9.83. The highest BCUT2D eigenvalue weighted by atomic mass is 79.9. The second kappa shape index (κ2) is 5.92. The van der Waals surface area contributed by atoms with E-state index in [1.165, 1.54) is 6.39 Å². The molecule has 0 amide bonds. The van der Waals surface area contributed by atoms with E-state index in [1.54, 1.807) is 6.20 Å². The van der Waals surface area contributed by atoms with Crippen molar-refractivity contribution in [1.82, 2.24) is 4.98 Å². The van der Waals surface area contributed by atoms with Crippen LogP contribution < -0.4 is 4.74 Å². The summed E-state index contributed by atoms with van der Waals surface area (Å²) < 4.78 is 12.1. The van der Waals surface area contributed by atoms with Gasteiger partial charge in [0.25, 0.3) is 0 Å². The van der Waals surface area contributed by atoms with Crippen LogP contribution in [0.25, 0.3) is 11.3 Å². The van der Waals surface area contributed by atoms with E-state index in [0.717, 1.165) is 21.3 Å². The number of halogens is 1. The molecule has 0 unspecified atom stereocenters. The molecule has 0 saturated heterocycles. The summed E-state index contributed by atoms with van der Waals surface area (Å²) in [5.74, 6) is 1.51. The molecule has 2 aromatic carbocycles. The van der Waals surface area contributed by atoms with E-state index in [9.17, 15) is 0 Å². The predicted octanol–water partition coefficient (Wildman–Crippen LogP) is 4.68. The van der Waals surface area contributed by atoms with E-state index < -0.39 is 0 Å². The van der Waals surface area contributed by atoms with Crippen LogP contribution >= 0.6 is 15.9 Å². The van der Waals surface area contributed by atoms with Gasteiger partial charge >= 0.3 is 0 Å². The summed E-state index contributed by atoms with van der Waals surface area (Å²) in [5, 5.41) is 0. The van der Waals surface area contributed by atoms with Crippen LogP contribution in [0.15, 0.2) is 70.0 Å². The van der Waals surface area contributed by atoms with Crippen LogP contribution in [0, 0.1) is 0 Å². The zero-order valence-corrected chi connectivity index (χ0v) is 12.2. The largest absolute Gasteiger partial charge is 0.489 e. The molecule has 0 bridgehead atoms. The van der Waals surface area contributed by atoms with Crippen LogP contribution in [-0.4, -0.2) is 4.98 Å². The third-order valence-corrected chi connectivity index (χ3v) is 3.58. The van der Waals surface area contributed by atoms with E-state index in [0.29, 0.717) is 12.4 Å². The highest BCUT2D eigenvalue weighted by molar-refractivity contribution is 9.10. The first-order valence-corrected chi connectivity index (χ1v) is 6.97. The Hall–Kier alpha value is -2.07. The van der Waals surface area contributed by atoms with E-state index in [-0.39, 0.29) is 0 Å². The molecule has 3 nitrogen and oxygen atoms in total. The number of hydrogen-bond acceptors (Lipinski definition) is 3. The topological polar surface area (TPSA) is 35.3 Å². The number of nitrogens with zero attached hydrogens (tertiary/aromatic N) is 1. The van der Waals surface area contributed by atoms with Gasteiger partial charge in [-0.05, 0) is 23.8 Å². The Morgan fingerprint density at radius 1 is 1.10 bits per heavy atom. The van der Waals surface area contributed by atoms with Crippen molar-refractivity contribution in [2.75, 3.05) is 0 Å². The molecular formula is C16H12BrNO2. The third kappa shape index (κ3) is 2.91. The Kier molecular flexibility index (Phi) is 3.83. The van der Waals surface area contributed by atoms with E-state index >= 15 is 0 Å². The molecular weight excluding hydrogens is 318 g/mol. The van der Waals surface area contributed by atoms with Gasteiger partial charge in [0.2, 0.25) is 0 Å². The normalized spacial score (nSPS) is 10.4. The number of benzene rings is 2. The zero-order valence-electron chi connectivity index (χ0n) is 10.6. The summed E-state index contributed by atoms with van der Waals surface area (Å²) in [7, 11) is 0. The molecule has 20 heavy (non-hydrogen) atoms. The Labute approximate surface area is 125 Å². The van der Waals surface area contributed by atoms with Gasteiger partial charge in [0, 0.05) is 10.0 Å². The van der Waals surface area contributed by atoms with E-state index in [4.69, 9.17) is 9.15 Å². The van der Waals surface area contributed by atoms with Crippen LogP contribution in [0.2, 0.25) is 0 Å². The lowest BCUT2D eigenvalue weighted by Crippen LogP contribution is -1.95. The summed E-state index contributed by atoms with van der Waals surface area (Å²) in [4.78, 5) is 3.93. The standard InChI is InChI=1S/C16H12BrNO2/c17-15-7-6-13(8-14(15)16-9-18-11-20-16)19-10-12-4-2-1-3-5-12/h1-9,11H,10H2. The number of oxazole rings is 1. The fraction of sp³-hybridized carbons (Fsp3) is 0.0625. The van der Waals surface area contributed by atoms with Gasteiger partial charge in [-0.15, -0.1) is 0 Å². The minimum absolute atomic E-state index is 0.540. The second-order valence-electron chi connectivity index (χ2n) is 4.28. The fourth-order valence-corrected chi connectivity index (χ4v) is 2.31. The molecule has 0 atom stereocenters. The lowest BCUT2D eigenvalue weighted by molar-refractivity contribution is 0.306. The molecule has 1 aromatic heterocycles. The number of aromatic nitrogens is 1. The van der Waals surface area contributed by atoms with Crippen LogP contribution in [-0.2, 0) is 6.61 Å². The lowest BCUT2D eigenvalue weighted by Gasteiger charge is -2.08. The maximum absolute atomic E-state index is 5.80. The maximum Gasteiger partial charge on any atom is 0.181 e. The molecule has 1 heterocycles. The van der Waals surface area contributed by atoms with E-state index in [1.807, 2.05) is 48.5 Å². The van der Waals surface area contributed by atoms with E-state index in [2.05, 4.69) is 20.9 Å². The minimum Gasteiger partial charge on any atom is -0.489 e. The lowest BCUT2D eigenvalue weighted by atomic mass is 10.2. The average molecular weight is 330 g/mol. The van der Waals surface area contributed by atoms with Crippen LogP contribution in [0.3, 0.4) is 0 Å². The highest BCUT2D eigenvalue weighted by Crippen LogP contribution is 2.31. The maximum atomic E-state index is 5.80. The summed E-state index contributed by atoms with van der Waals surface area (Å²) in [6, 6.07) is 15.9. The van der Waals surface area contributed by atoms with Gasteiger partial charge in [0.05, 0.1) is 6.20 Å². The van der Waals surface area contributed by atoms with Crippen molar-refractivity contribution in [3.63, 3.8) is 0 Å². The molecule has 0 spiro atoms. The molecule has 3 aromatic rings. The SMILES string of the molecule is Brc1ccc(OCc2ccccc2)cc1-c1cnco1. The van der Waals surface area contributed by atoms with Gasteiger partial charge in [0.1, 0.15) is 12.4 Å². The Morgan fingerprint density at radius 3 is 2.70 bits per heavy atom. The van der Waals surface area contributed by atoms with Crippen LogP contribution in [0.5, 0.6) is 5.75 Å². The first kappa shape index (κ1) is 12.9. The smallest absolute Gasteiger partial charge is 0.181 e. The van der Waals surface area contributed by atoms with Crippen molar-refractivity contribution in [3.8, 4) is 17.1 Å². The van der Waals surface area contributed by atoms with Gasteiger partial charge in [-0.1, -0.05) is 46.3 Å². The predicted molar refractivity (Wildman–Crippen MR) is 80.4 cm³/mol. The van der Waals surface area contributed by atoms with Gasteiger partial charge in [-0.3, -0.25) is 0 Å². The van der Waals surface area contributed by atoms with Crippen molar-refractivity contribution < 1.29 is 9.15 Å². The molecule has 0 saturated carbocycles. The van der Waals surface area contributed by atoms with Crippen LogP contribution in [0.1, 0.15) is 5.56 Å². The minimum atomic E-state index is 0.540. The molecule has 3 rings (SSSR count). The summed E-state index contributed by atoms with van der Waals surface area (Å²) in [6.07, 6.45) is 3.10. The van der Waals surface area contributed by atoms with Gasteiger partial charge < -0.3 is 9.15 Å². The second-order valence-corrected chi connectivity index (χ2v) is 5.14. The summed E-state index contributed by atoms with van der Waals surface area (Å²) in [5.41, 5.74) is 2.06. The Morgan fingerprint density at radius 2 is 1.95 bits per heavy atom. The van der Waals surface area contributed by atoms with Crippen molar-refractivity contribution in [2.24, 2.45) is 0 Å². The van der Waals surface area contributed by atoms with Crippen molar-refractivity contribution in [1.29, 1.82) is 0 Å². The zero-order chi connectivity index (χ0) is 13.8. The summed E-state index contributed by atoms with van der Waals surface area (Å²) >= 11 is 3.50. The number of rotatable bonds is 4. The molecule has 0 aliphatic carbocycles. The van der Waals surface area contributed by atoms with Gasteiger partial charge in [0.15, 0.2) is 12.2 Å². The molecule has 0 aliphatic rings. The van der Waals surface area contributed by atoms with Crippen molar-refractivity contribution in [3.05, 3.63) is 71.2 Å². The molecule has 0 fully saturated rings. The third-order valence-electron chi connectivity index (χ3n) is 2.88. The Bertz CT molecular complexity index is 681. The monoisotopic (exact) mass is 329 g/mol. The first-order valence-electron chi connectivity index (χ1n) is 6.18. The molecule has 0 radical (unpaired) electrons. The molecule has 100 valence electrons. The average Bonchev–Trinajstić information content (AvgIpc) is 3.01. The molecule has 0 N–H and O–H groups in total. The fourth-order valence-electron chi connectivity index (χ4n) is 1.87. The van der Waals surface area contributed by atoms with Crippen molar-refractivity contribution >= 4 is 15.9 Å². The Balaban J connectivity index is 1.79. The molecule has 4 heteroatoms. The quantitative estimate of drug-likeness (QED) is 0.696. The summed E-state index contributed by atoms with van der Waals surface area (Å²) in [6.45, 7) is 0.540. The molecule has 0 aliphatic heterocycles. The number of hydrogen-bond donors (Lipinski definition) is 0. The van der Waals surface area contributed by atoms with Gasteiger partial charge in [-0.25, -0.2) is 4.98 Å². The van der Waals surface area contributed by atoms with Gasteiger partial charge in [-0.2, -0.15) is 0 Å².